The lowest BCUT2D eigenvalue weighted by molar-refractivity contribution is -0.148. The molecule has 0 bridgehead atoms. The van der Waals surface area contributed by atoms with E-state index in [1.807, 2.05) is 32.2 Å². The fourth-order valence-corrected chi connectivity index (χ4v) is 13.2. The normalized spacial score (nSPS) is 21.2. The van der Waals surface area contributed by atoms with Gasteiger partial charge in [0.15, 0.2) is 8.32 Å². The second-order valence-electron chi connectivity index (χ2n) is 19.9. The summed E-state index contributed by atoms with van der Waals surface area (Å²) in [4.78, 5) is 49.6. The molecule has 4 atom stereocenters. The van der Waals surface area contributed by atoms with Gasteiger partial charge in [-0.25, -0.2) is 5.09 Å². The van der Waals surface area contributed by atoms with Crippen LogP contribution in [0.4, 0.5) is 8.78 Å². The van der Waals surface area contributed by atoms with Crippen LogP contribution < -0.4 is 10.4 Å². The van der Waals surface area contributed by atoms with Crippen molar-refractivity contribution >= 4 is 71.4 Å². The first-order valence-corrected chi connectivity index (χ1v) is 29.2. The number of aliphatic hydroxyl groups is 1. The number of alkyl halides is 2. The van der Waals surface area contributed by atoms with Crippen LogP contribution in [-0.4, -0.2) is 101 Å². The minimum absolute atomic E-state index is 0.0157. The van der Waals surface area contributed by atoms with Gasteiger partial charge in [-0.15, -0.1) is 11.3 Å². The Morgan fingerprint density at radius 3 is 2.44 bits per heavy atom. The van der Waals surface area contributed by atoms with Crippen molar-refractivity contribution in [2.24, 2.45) is 5.41 Å². The SMILES string of the molecule is CC(C)(CO[Si](C)(C)C(C)(C)C)C(O)=[SH]CCOP(=O)(NCc1ccccc1)C(F)(F)c1ccc2sc(C(=O)N[C@H]3CCC[C@H]4CC[C@@H](C(=O)N5CC(c6cccnc6)C5)N4C3=O)cc2c1. The van der Waals surface area contributed by atoms with Gasteiger partial charge in [-0.1, -0.05) is 77.1 Å². The number of carbonyl (C=O) groups excluding carboxylic acids is 3. The molecule has 3 aliphatic rings. The van der Waals surface area contributed by atoms with E-state index >= 15 is 8.78 Å². The van der Waals surface area contributed by atoms with Crippen LogP contribution in [0.25, 0.3) is 10.1 Å². The average Bonchev–Trinajstić information content (AvgIpc) is 3.86. The standard InChI is InChI=1S/C48H64F2N5O7PS2Si/c1-46(2,3)66(6,7)62-31-47(4,5)45(59)64-24-23-61-63(60,52-27-32-13-9-8-10-14-32)48(49,50)36-18-21-40-34(25-36)26-41(65-40)42(56)53-38-17-11-16-37-19-20-39(55(37)43(38)57)44(58)54-29-35(30-54)33-15-12-22-51-28-33/h8-10,12-15,18,21-22,25-26,28,35,37-39,59,64H,11,16-17,19-20,23-24,27,29-31H2,1-7H3,(H,52,60)(H,53,56)/t37-,38-,39-,63?/m0/s1. The van der Waals surface area contributed by atoms with Crippen LogP contribution >= 0.6 is 30.2 Å². The minimum atomic E-state index is -4.98. The molecule has 3 fully saturated rings. The molecule has 0 aliphatic carbocycles. The number of fused-ring (bicyclic) bond motifs is 2. The second-order valence-corrected chi connectivity index (χ2v) is 29.2. The molecule has 0 spiro atoms. The van der Waals surface area contributed by atoms with Crippen LogP contribution in [0.5, 0.6) is 0 Å². The lowest BCUT2D eigenvalue weighted by Gasteiger charge is -2.42. The fraction of sp³-hybridized carbons (Fsp3) is 0.521. The Morgan fingerprint density at radius 1 is 1.00 bits per heavy atom. The summed E-state index contributed by atoms with van der Waals surface area (Å²) in [7, 11) is -7.07. The highest BCUT2D eigenvalue weighted by Crippen LogP contribution is 2.63. The molecule has 0 radical (unpaired) electrons. The van der Waals surface area contributed by atoms with E-state index in [2.05, 4.69) is 49.3 Å². The quantitative estimate of drug-likeness (QED) is 0.0267. The third-order valence-electron chi connectivity index (χ3n) is 13.6. The Balaban J connectivity index is 1.02. The first-order valence-electron chi connectivity index (χ1n) is 22.8. The van der Waals surface area contributed by atoms with Crippen molar-refractivity contribution in [3.05, 3.63) is 101 Å². The van der Waals surface area contributed by atoms with Crippen molar-refractivity contribution in [1.82, 2.24) is 25.2 Å². The van der Waals surface area contributed by atoms with Gasteiger partial charge in [-0.2, -0.15) is 20.1 Å². The number of pyridine rings is 1. The van der Waals surface area contributed by atoms with Crippen LogP contribution in [0.3, 0.4) is 0 Å². The molecule has 3 saturated heterocycles. The van der Waals surface area contributed by atoms with E-state index in [0.29, 0.717) is 66.0 Å². The van der Waals surface area contributed by atoms with Crippen molar-refractivity contribution in [1.29, 1.82) is 0 Å². The first kappa shape index (κ1) is 50.2. The van der Waals surface area contributed by atoms with Gasteiger partial charge in [0.1, 0.15) is 12.1 Å². The monoisotopic (exact) mass is 983 g/mol. The third-order valence-corrected chi connectivity index (χ3v) is 22.7. The zero-order valence-corrected chi connectivity index (χ0v) is 42.5. The number of aliphatic hydroxyl groups excluding tert-OH is 1. The van der Waals surface area contributed by atoms with Gasteiger partial charge in [0.2, 0.25) is 11.8 Å². The number of thiophene rings is 1. The Kier molecular flexibility index (Phi) is 15.3. The molecule has 1 unspecified atom stereocenters. The Bertz CT molecular complexity index is 2460. The molecule has 3 amide bonds. The number of hydrogen-bond acceptors (Lipinski definition) is 8. The summed E-state index contributed by atoms with van der Waals surface area (Å²) in [6.45, 7) is 15.4. The lowest BCUT2D eigenvalue weighted by Crippen LogP contribution is -2.58. The molecule has 3 aliphatic heterocycles. The second kappa shape index (κ2) is 20.1. The molecule has 2 aromatic heterocycles. The van der Waals surface area contributed by atoms with Gasteiger partial charge in [0, 0.05) is 72.0 Å². The largest absolute Gasteiger partial charge is 0.416 e. The molecule has 18 heteroatoms. The van der Waals surface area contributed by atoms with Gasteiger partial charge in [-0.05, 0) is 91.0 Å². The predicted octanol–water partition coefficient (Wildman–Crippen LogP) is 9.81. The molecule has 2 aromatic carbocycles. The molecular formula is C48H64F2N5O7PS2Si. The fourth-order valence-electron chi connectivity index (χ4n) is 8.37. The molecule has 12 nitrogen and oxygen atoms in total. The Morgan fingerprint density at radius 2 is 1.74 bits per heavy atom. The van der Waals surface area contributed by atoms with Crippen LogP contribution in [-0.2, 0) is 35.3 Å². The van der Waals surface area contributed by atoms with Crippen molar-refractivity contribution in [2.75, 3.05) is 32.1 Å². The van der Waals surface area contributed by atoms with Crippen LogP contribution in [0.2, 0.25) is 18.1 Å². The van der Waals surface area contributed by atoms with Gasteiger partial charge in [-0.3, -0.25) is 23.9 Å². The van der Waals surface area contributed by atoms with Crippen molar-refractivity contribution in [2.45, 2.75) is 121 Å². The average molecular weight is 984 g/mol. The predicted molar refractivity (Wildman–Crippen MR) is 263 cm³/mol. The van der Waals surface area contributed by atoms with E-state index in [1.54, 1.807) is 46.3 Å². The van der Waals surface area contributed by atoms with Crippen LogP contribution in [0.15, 0.2) is 79.1 Å². The molecule has 4 aromatic rings. The molecule has 5 heterocycles. The lowest BCUT2D eigenvalue weighted by atomic mass is 9.92. The molecule has 7 rings (SSSR count). The zero-order chi connectivity index (χ0) is 47.7. The zero-order valence-electron chi connectivity index (χ0n) is 38.9. The topological polar surface area (TPSA) is 150 Å². The smallest absolute Gasteiger partial charge is 0.360 e. The number of nitrogens with one attached hydrogen (secondary N) is 2. The summed E-state index contributed by atoms with van der Waals surface area (Å²) in [5.74, 6) is -0.552. The van der Waals surface area contributed by atoms with E-state index in [-0.39, 0.29) is 57.6 Å². The summed E-state index contributed by atoms with van der Waals surface area (Å²) < 4.78 is 60.6. The van der Waals surface area contributed by atoms with Gasteiger partial charge in [0.25, 0.3) is 5.91 Å². The molecule has 3 N–H and O–H groups in total. The highest BCUT2D eigenvalue weighted by atomic mass is 32.1. The van der Waals surface area contributed by atoms with E-state index in [4.69, 9.17) is 8.95 Å². The Labute approximate surface area is 395 Å². The summed E-state index contributed by atoms with van der Waals surface area (Å²) in [6, 6.07) is 16.5. The van der Waals surface area contributed by atoms with Crippen LogP contribution in [0, 0.1) is 5.41 Å². The van der Waals surface area contributed by atoms with Crippen molar-refractivity contribution in [3.8, 4) is 0 Å². The highest BCUT2D eigenvalue weighted by molar-refractivity contribution is 7.98. The number of thiol groups is 1. The van der Waals surface area contributed by atoms with Crippen molar-refractivity contribution < 1.29 is 41.8 Å². The molecule has 0 saturated carbocycles. The maximum Gasteiger partial charge on any atom is 0.360 e. The number of likely N-dealkylation sites (tertiary alicyclic amines) is 1. The number of carbonyl (C=O) groups is 3. The number of hydrogen-bond donors (Lipinski definition) is 4. The molecule has 66 heavy (non-hydrogen) atoms. The summed E-state index contributed by atoms with van der Waals surface area (Å²) in [6.07, 6.45) is 6.68. The van der Waals surface area contributed by atoms with Gasteiger partial charge < -0.3 is 29.2 Å². The van der Waals surface area contributed by atoms with Crippen LogP contribution in [0.1, 0.15) is 99.0 Å². The summed E-state index contributed by atoms with van der Waals surface area (Å²) in [5, 5.41) is 17.0. The van der Waals surface area contributed by atoms with Gasteiger partial charge in [0.05, 0.1) is 16.5 Å². The number of aromatic nitrogens is 1. The minimum Gasteiger partial charge on any atom is -0.416 e. The number of halogens is 2. The maximum absolute atomic E-state index is 16.8. The first-order chi connectivity index (χ1) is 31.1. The summed E-state index contributed by atoms with van der Waals surface area (Å²) in [5.41, 5.74) is -3.55. The highest BCUT2D eigenvalue weighted by Gasteiger charge is 2.53. The van der Waals surface area contributed by atoms with Crippen molar-refractivity contribution in [3.63, 3.8) is 0 Å². The van der Waals surface area contributed by atoms with E-state index in [0.717, 1.165) is 29.7 Å². The molecular weight excluding hydrogens is 920 g/mol. The maximum atomic E-state index is 16.8. The summed E-state index contributed by atoms with van der Waals surface area (Å²) >= 11 is 1.54. The van der Waals surface area contributed by atoms with Gasteiger partial charge >= 0.3 is 13.2 Å². The number of rotatable bonds is 17. The number of benzene rings is 2. The molecule has 358 valence electrons. The Hall–Kier alpha value is -3.67. The van der Waals surface area contributed by atoms with E-state index in [1.165, 1.54) is 24.3 Å². The number of amides is 3. The third kappa shape index (κ3) is 10.9. The van der Waals surface area contributed by atoms with E-state index in [9.17, 15) is 24.1 Å². The van der Waals surface area contributed by atoms with E-state index < -0.39 is 50.5 Å². The number of nitrogens with zero attached hydrogens (tertiary/aromatic N) is 3.